The molecule has 3 heterocycles. The van der Waals surface area contributed by atoms with Crippen LogP contribution in [0.4, 0.5) is 0 Å². The molecule has 3 aromatic rings. The highest BCUT2D eigenvalue weighted by Crippen LogP contribution is 2.36. The highest BCUT2D eigenvalue weighted by Gasteiger charge is 2.31. The van der Waals surface area contributed by atoms with Crippen molar-refractivity contribution in [1.29, 1.82) is 0 Å². The molecule has 1 saturated heterocycles. The van der Waals surface area contributed by atoms with E-state index >= 15 is 0 Å². The predicted molar refractivity (Wildman–Crippen MR) is 104 cm³/mol. The molecule has 27 heavy (non-hydrogen) atoms. The number of carbonyl (C=O) groups excluding carboxylic acids is 1. The maximum atomic E-state index is 13.2. The summed E-state index contributed by atoms with van der Waals surface area (Å²) in [5, 5.41) is 0. The van der Waals surface area contributed by atoms with Crippen molar-refractivity contribution >= 4 is 5.91 Å². The minimum Gasteiger partial charge on any atom is -0.330 e. The lowest BCUT2D eigenvalue weighted by molar-refractivity contribution is 0.0606. The quantitative estimate of drug-likeness (QED) is 0.703. The molecule has 0 radical (unpaired) electrons. The summed E-state index contributed by atoms with van der Waals surface area (Å²) < 4.78 is 0. The number of likely N-dealkylation sites (tertiary alicyclic amines) is 1. The minimum atomic E-state index is -0.0451. The van der Waals surface area contributed by atoms with Crippen LogP contribution < -0.4 is 0 Å². The Morgan fingerprint density at radius 2 is 1.85 bits per heavy atom. The molecule has 4 rings (SSSR count). The lowest BCUT2D eigenvalue weighted by Gasteiger charge is -2.36. The fourth-order valence-corrected chi connectivity index (χ4v) is 3.70. The summed E-state index contributed by atoms with van der Waals surface area (Å²) in [6, 6.07) is 13.4. The molecule has 0 spiro atoms. The molecule has 2 aromatic heterocycles. The van der Waals surface area contributed by atoms with Crippen LogP contribution in [0.5, 0.6) is 0 Å². The van der Waals surface area contributed by atoms with Crippen LogP contribution in [0.1, 0.15) is 47.2 Å². The third-order valence-electron chi connectivity index (χ3n) is 5.03. The standard InChI is InChI=1S/C22H22N4O/c1-16-24-15-19(17-10-12-23-13-11-17)21(25-16)20-9-5-6-14-26(20)22(27)18-7-3-2-4-8-18/h2-4,7-8,10-13,15,20H,5-6,9,14H2,1H3/t20-/m1/s1. The second-order valence-corrected chi connectivity index (χ2v) is 6.83. The van der Waals surface area contributed by atoms with Crippen molar-refractivity contribution < 1.29 is 4.79 Å². The van der Waals surface area contributed by atoms with E-state index in [2.05, 4.69) is 9.97 Å². The number of carbonyl (C=O) groups is 1. The fraction of sp³-hybridized carbons (Fsp3) is 0.273. The van der Waals surface area contributed by atoms with Gasteiger partial charge < -0.3 is 4.90 Å². The number of benzene rings is 1. The van der Waals surface area contributed by atoms with Gasteiger partial charge in [0.1, 0.15) is 5.82 Å². The summed E-state index contributed by atoms with van der Waals surface area (Å²) in [6.07, 6.45) is 8.42. The van der Waals surface area contributed by atoms with Gasteiger partial charge in [-0.1, -0.05) is 18.2 Å². The number of pyridine rings is 1. The number of aryl methyl sites for hydroxylation is 1. The Balaban J connectivity index is 1.76. The van der Waals surface area contributed by atoms with E-state index in [0.29, 0.717) is 0 Å². The predicted octanol–water partition coefficient (Wildman–Crippen LogP) is 4.21. The largest absolute Gasteiger partial charge is 0.330 e. The first-order chi connectivity index (χ1) is 13.2. The van der Waals surface area contributed by atoms with Gasteiger partial charge in [-0.2, -0.15) is 0 Å². The highest BCUT2D eigenvalue weighted by molar-refractivity contribution is 5.94. The van der Waals surface area contributed by atoms with E-state index in [0.717, 1.165) is 54.0 Å². The zero-order valence-corrected chi connectivity index (χ0v) is 15.4. The van der Waals surface area contributed by atoms with E-state index in [1.807, 2.05) is 60.5 Å². The summed E-state index contributed by atoms with van der Waals surface area (Å²) >= 11 is 0. The molecule has 0 aliphatic carbocycles. The average molecular weight is 358 g/mol. The van der Waals surface area contributed by atoms with Gasteiger partial charge in [-0.15, -0.1) is 0 Å². The Kier molecular flexibility index (Phi) is 4.92. The molecule has 5 nitrogen and oxygen atoms in total. The molecule has 0 N–H and O–H groups in total. The smallest absolute Gasteiger partial charge is 0.254 e. The lowest BCUT2D eigenvalue weighted by Crippen LogP contribution is -2.39. The molecule has 0 unspecified atom stereocenters. The average Bonchev–Trinajstić information content (AvgIpc) is 2.74. The van der Waals surface area contributed by atoms with Crippen molar-refractivity contribution in [2.75, 3.05) is 6.54 Å². The van der Waals surface area contributed by atoms with Crippen LogP contribution in [0.15, 0.2) is 61.1 Å². The monoisotopic (exact) mass is 358 g/mol. The number of amides is 1. The van der Waals surface area contributed by atoms with Crippen molar-refractivity contribution in [2.24, 2.45) is 0 Å². The first-order valence-electron chi connectivity index (χ1n) is 9.34. The number of hydrogen-bond acceptors (Lipinski definition) is 4. The van der Waals surface area contributed by atoms with Gasteiger partial charge in [0.05, 0.1) is 11.7 Å². The van der Waals surface area contributed by atoms with Gasteiger partial charge in [0.15, 0.2) is 0 Å². The fourth-order valence-electron chi connectivity index (χ4n) is 3.70. The van der Waals surface area contributed by atoms with E-state index in [-0.39, 0.29) is 11.9 Å². The Labute approximate surface area is 159 Å². The SMILES string of the molecule is Cc1ncc(-c2ccncc2)c([C@H]2CCCCN2C(=O)c2ccccc2)n1. The van der Waals surface area contributed by atoms with Gasteiger partial charge in [0.25, 0.3) is 5.91 Å². The third kappa shape index (κ3) is 3.58. The van der Waals surface area contributed by atoms with Crippen molar-refractivity contribution in [3.63, 3.8) is 0 Å². The van der Waals surface area contributed by atoms with E-state index in [9.17, 15) is 4.79 Å². The Hall–Kier alpha value is -3.08. The van der Waals surface area contributed by atoms with Crippen molar-refractivity contribution in [1.82, 2.24) is 19.9 Å². The molecule has 0 saturated carbocycles. The van der Waals surface area contributed by atoms with E-state index in [1.165, 1.54) is 0 Å². The molecule has 1 amide bonds. The first-order valence-corrected chi connectivity index (χ1v) is 9.34. The molecule has 5 heteroatoms. The van der Waals surface area contributed by atoms with Crippen LogP contribution in [0.3, 0.4) is 0 Å². The third-order valence-corrected chi connectivity index (χ3v) is 5.03. The summed E-state index contributed by atoms with van der Waals surface area (Å²) in [4.78, 5) is 28.5. The van der Waals surface area contributed by atoms with E-state index in [4.69, 9.17) is 4.98 Å². The van der Waals surface area contributed by atoms with Gasteiger partial charge in [-0.05, 0) is 56.0 Å². The van der Waals surface area contributed by atoms with Gasteiger partial charge >= 0.3 is 0 Å². The van der Waals surface area contributed by atoms with Crippen LogP contribution in [0.25, 0.3) is 11.1 Å². The normalized spacial score (nSPS) is 16.9. The zero-order chi connectivity index (χ0) is 18.6. The van der Waals surface area contributed by atoms with Crippen molar-refractivity contribution in [3.8, 4) is 11.1 Å². The van der Waals surface area contributed by atoms with E-state index in [1.54, 1.807) is 12.4 Å². The second kappa shape index (κ2) is 7.66. The van der Waals surface area contributed by atoms with Crippen LogP contribution in [0.2, 0.25) is 0 Å². The van der Waals surface area contributed by atoms with Gasteiger partial charge in [-0.3, -0.25) is 9.78 Å². The van der Waals surface area contributed by atoms with Gasteiger partial charge in [0.2, 0.25) is 0 Å². The Bertz CT molecular complexity index is 928. The Morgan fingerprint density at radius 3 is 2.63 bits per heavy atom. The van der Waals surface area contributed by atoms with Crippen LogP contribution >= 0.6 is 0 Å². The molecule has 1 atom stereocenters. The molecule has 136 valence electrons. The number of aromatic nitrogens is 3. The van der Waals surface area contributed by atoms with Crippen LogP contribution in [-0.2, 0) is 0 Å². The molecular formula is C22H22N4O. The number of rotatable bonds is 3. The summed E-state index contributed by atoms with van der Waals surface area (Å²) in [6.45, 7) is 2.64. The summed E-state index contributed by atoms with van der Waals surface area (Å²) in [5.74, 6) is 0.790. The summed E-state index contributed by atoms with van der Waals surface area (Å²) in [7, 11) is 0. The summed E-state index contributed by atoms with van der Waals surface area (Å²) in [5.41, 5.74) is 3.65. The van der Waals surface area contributed by atoms with Crippen molar-refractivity contribution in [2.45, 2.75) is 32.2 Å². The molecule has 0 bridgehead atoms. The van der Waals surface area contributed by atoms with Gasteiger partial charge in [-0.25, -0.2) is 9.97 Å². The van der Waals surface area contributed by atoms with E-state index < -0.39 is 0 Å². The molecular weight excluding hydrogens is 336 g/mol. The molecule has 1 fully saturated rings. The lowest BCUT2D eigenvalue weighted by atomic mass is 9.93. The minimum absolute atomic E-state index is 0.0451. The van der Waals surface area contributed by atoms with Crippen LogP contribution in [0, 0.1) is 6.92 Å². The van der Waals surface area contributed by atoms with Crippen molar-refractivity contribution in [3.05, 3.63) is 78.1 Å². The Morgan fingerprint density at radius 1 is 1.07 bits per heavy atom. The molecule has 1 aliphatic rings. The van der Waals surface area contributed by atoms with Crippen LogP contribution in [-0.4, -0.2) is 32.3 Å². The number of hydrogen-bond donors (Lipinski definition) is 0. The first kappa shape index (κ1) is 17.3. The zero-order valence-electron chi connectivity index (χ0n) is 15.4. The van der Waals surface area contributed by atoms with Gasteiger partial charge in [0, 0.05) is 36.3 Å². The number of nitrogens with zero attached hydrogens (tertiary/aromatic N) is 4. The highest BCUT2D eigenvalue weighted by atomic mass is 16.2. The molecule has 1 aliphatic heterocycles. The number of piperidine rings is 1. The second-order valence-electron chi connectivity index (χ2n) is 6.83. The topological polar surface area (TPSA) is 59.0 Å². The maximum Gasteiger partial charge on any atom is 0.254 e. The maximum absolute atomic E-state index is 13.2. The molecule has 1 aromatic carbocycles.